The molecule has 3 rings (SSSR count). The Balaban J connectivity index is 1.84. The second kappa shape index (κ2) is 7.84. The number of rotatable bonds is 7. The van der Waals surface area contributed by atoms with Gasteiger partial charge >= 0.3 is 0 Å². The van der Waals surface area contributed by atoms with Gasteiger partial charge in [0.05, 0.1) is 13.2 Å². The number of amides is 1. The van der Waals surface area contributed by atoms with Crippen LogP contribution in [0.25, 0.3) is 0 Å². The van der Waals surface area contributed by atoms with Crippen LogP contribution in [0.15, 0.2) is 41.3 Å². The zero-order chi connectivity index (χ0) is 20.5. The summed E-state index contributed by atoms with van der Waals surface area (Å²) in [6.07, 6.45) is 1.53. The highest BCUT2D eigenvalue weighted by molar-refractivity contribution is 7.89. The van der Waals surface area contributed by atoms with Crippen LogP contribution in [0.1, 0.15) is 41.7 Å². The number of nitrogens with one attached hydrogen (secondary N) is 2. The first kappa shape index (κ1) is 20.2. The van der Waals surface area contributed by atoms with Crippen LogP contribution in [-0.4, -0.2) is 27.5 Å². The Morgan fingerprint density at radius 3 is 2.50 bits per heavy atom. The summed E-state index contributed by atoms with van der Waals surface area (Å²) in [5, 5.41) is 2.58. The molecule has 150 valence electrons. The third-order valence-electron chi connectivity index (χ3n) is 4.39. The van der Waals surface area contributed by atoms with Crippen LogP contribution in [0, 0.1) is 11.6 Å². The maximum Gasteiger partial charge on any atom is 0.251 e. The van der Waals surface area contributed by atoms with E-state index in [-0.39, 0.29) is 27.8 Å². The summed E-state index contributed by atoms with van der Waals surface area (Å²) in [6.45, 7) is 1.55. The molecular formula is C19H20F2N2O4S. The van der Waals surface area contributed by atoms with Gasteiger partial charge in [0.25, 0.3) is 5.91 Å². The second-order valence-electron chi connectivity index (χ2n) is 6.62. The van der Waals surface area contributed by atoms with Crippen molar-refractivity contribution < 1.29 is 26.7 Å². The average Bonchev–Trinajstić information content (AvgIpc) is 3.44. The molecule has 28 heavy (non-hydrogen) atoms. The molecule has 0 aromatic heterocycles. The van der Waals surface area contributed by atoms with E-state index in [4.69, 9.17) is 4.74 Å². The van der Waals surface area contributed by atoms with E-state index in [1.54, 1.807) is 6.92 Å². The smallest absolute Gasteiger partial charge is 0.251 e. The molecule has 1 aliphatic carbocycles. The average molecular weight is 410 g/mol. The van der Waals surface area contributed by atoms with Gasteiger partial charge in [-0.3, -0.25) is 4.79 Å². The molecule has 0 saturated heterocycles. The number of carbonyl (C=O) groups excluding carboxylic acids is 1. The Morgan fingerprint density at radius 1 is 1.18 bits per heavy atom. The van der Waals surface area contributed by atoms with Crippen molar-refractivity contribution in [1.29, 1.82) is 0 Å². The van der Waals surface area contributed by atoms with E-state index in [2.05, 4.69) is 10.0 Å². The summed E-state index contributed by atoms with van der Waals surface area (Å²) in [6, 6.07) is 6.25. The molecule has 2 aromatic carbocycles. The fraction of sp³-hybridized carbons (Fsp3) is 0.316. The molecule has 9 heteroatoms. The van der Waals surface area contributed by atoms with Crippen molar-refractivity contribution in [2.45, 2.75) is 36.7 Å². The first-order valence-electron chi connectivity index (χ1n) is 8.67. The van der Waals surface area contributed by atoms with Crippen LogP contribution in [0.4, 0.5) is 8.78 Å². The number of benzene rings is 2. The van der Waals surface area contributed by atoms with E-state index in [1.165, 1.54) is 31.4 Å². The fourth-order valence-corrected chi connectivity index (χ4v) is 4.22. The number of ether oxygens (including phenoxy) is 1. The van der Waals surface area contributed by atoms with Crippen LogP contribution < -0.4 is 14.8 Å². The van der Waals surface area contributed by atoms with Crippen molar-refractivity contribution in [3.63, 3.8) is 0 Å². The van der Waals surface area contributed by atoms with E-state index in [9.17, 15) is 22.0 Å². The van der Waals surface area contributed by atoms with E-state index in [0.29, 0.717) is 0 Å². The van der Waals surface area contributed by atoms with Gasteiger partial charge < -0.3 is 10.1 Å². The maximum atomic E-state index is 13.9. The molecule has 0 unspecified atom stereocenters. The predicted molar refractivity (Wildman–Crippen MR) is 98.6 cm³/mol. The molecule has 1 saturated carbocycles. The van der Waals surface area contributed by atoms with Crippen LogP contribution in [0.3, 0.4) is 0 Å². The van der Waals surface area contributed by atoms with Crippen LogP contribution in [0.5, 0.6) is 5.75 Å². The van der Waals surface area contributed by atoms with Crippen molar-refractivity contribution in [2.24, 2.45) is 0 Å². The van der Waals surface area contributed by atoms with Crippen molar-refractivity contribution in [1.82, 2.24) is 10.0 Å². The Kier molecular flexibility index (Phi) is 5.66. The van der Waals surface area contributed by atoms with E-state index >= 15 is 0 Å². The van der Waals surface area contributed by atoms with Gasteiger partial charge in [-0.05, 0) is 44.0 Å². The van der Waals surface area contributed by atoms with Gasteiger partial charge in [0.1, 0.15) is 22.3 Å². The molecule has 1 atom stereocenters. The number of hydrogen-bond acceptors (Lipinski definition) is 4. The molecule has 1 aliphatic rings. The van der Waals surface area contributed by atoms with Crippen molar-refractivity contribution in [2.75, 3.05) is 7.11 Å². The number of methoxy groups -OCH3 is 1. The van der Waals surface area contributed by atoms with Crippen LogP contribution in [-0.2, 0) is 10.0 Å². The summed E-state index contributed by atoms with van der Waals surface area (Å²) in [5.74, 6) is -1.98. The SMILES string of the molecule is COc1ccc(C(=O)N[C@@H](C)c2ccc(F)cc2F)cc1S(=O)(=O)NC1CC1. The Hall–Kier alpha value is -2.52. The first-order valence-corrected chi connectivity index (χ1v) is 10.2. The summed E-state index contributed by atoms with van der Waals surface area (Å²) < 4.78 is 59.7. The Morgan fingerprint density at radius 2 is 1.89 bits per heavy atom. The third kappa shape index (κ3) is 4.48. The fourth-order valence-electron chi connectivity index (χ4n) is 2.72. The molecule has 0 spiro atoms. The largest absolute Gasteiger partial charge is 0.495 e. The van der Waals surface area contributed by atoms with Crippen molar-refractivity contribution in [3.8, 4) is 5.75 Å². The van der Waals surface area contributed by atoms with Gasteiger partial charge in [0, 0.05) is 23.2 Å². The minimum Gasteiger partial charge on any atom is -0.495 e. The van der Waals surface area contributed by atoms with E-state index in [1.807, 2.05) is 0 Å². The standard InChI is InChI=1S/C19H20F2N2O4S/c1-11(15-7-4-13(20)10-16(15)21)22-19(24)12-3-8-17(27-2)18(9-12)28(25,26)23-14-5-6-14/h3-4,7-11,14,23H,5-6H2,1-2H3,(H,22,24)/t11-/m0/s1. The molecule has 6 nitrogen and oxygen atoms in total. The quantitative estimate of drug-likeness (QED) is 0.735. The second-order valence-corrected chi connectivity index (χ2v) is 8.30. The summed E-state index contributed by atoms with van der Waals surface area (Å²) in [7, 11) is -2.51. The minimum absolute atomic E-state index is 0.0753. The predicted octanol–water partition coefficient (Wildman–Crippen LogP) is 2.91. The number of halogens is 2. The summed E-state index contributed by atoms with van der Waals surface area (Å²) in [5.41, 5.74) is 0.192. The van der Waals surface area contributed by atoms with Crippen LogP contribution in [0.2, 0.25) is 0 Å². The maximum absolute atomic E-state index is 13.9. The molecule has 0 aliphatic heterocycles. The lowest BCUT2D eigenvalue weighted by Crippen LogP contribution is -2.29. The van der Waals surface area contributed by atoms with Crippen LogP contribution >= 0.6 is 0 Å². The zero-order valence-electron chi connectivity index (χ0n) is 15.3. The van der Waals surface area contributed by atoms with Gasteiger partial charge in [-0.15, -0.1) is 0 Å². The highest BCUT2D eigenvalue weighted by Crippen LogP contribution is 2.28. The first-order chi connectivity index (χ1) is 13.2. The zero-order valence-corrected chi connectivity index (χ0v) is 16.1. The molecule has 1 fully saturated rings. The van der Waals surface area contributed by atoms with Gasteiger partial charge in [-0.1, -0.05) is 6.07 Å². The van der Waals surface area contributed by atoms with Gasteiger partial charge in [-0.25, -0.2) is 21.9 Å². The topological polar surface area (TPSA) is 84.5 Å². The highest BCUT2D eigenvalue weighted by Gasteiger charge is 2.30. The van der Waals surface area contributed by atoms with E-state index in [0.717, 1.165) is 25.0 Å². The summed E-state index contributed by atoms with van der Waals surface area (Å²) in [4.78, 5) is 12.4. The molecule has 2 N–H and O–H groups in total. The normalized spacial score (nSPS) is 15.1. The van der Waals surface area contributed by atoms with Gasteiger partial charge in [0.2, 0.25) is 10.0 Å². The molecule has 0 heterocycles. The molecule has 2 aromatic rings. The number of carbonyl (C=O) groups is 1. The van der Waals surface area contributed by atoms with Crippen molar-refractivity contribution >= 4 is 15.9 Å². The molecule has 0 bridgehead atoms. The molecular weight excluding hydrogens is 390 g/mol. The molecule has 0 radical (unpaired) electrons. The number of hydrogen-bond donors (Lipinski definition) is 2. The molecule has 1 amide bonds. The third-order valence-corrected chi connectivity index (χ3v) is 5.93. The van der Waals surface area contributed by atoms with Gasteiger partial charge in [-0.2, -0.15) is 0 Å². The monoisotopic (exact) mass is 410 g/mol. The highest BCUT2D eigenvalue weighted by atomic mass is 32.2. The lowest BCUT2D eigenvalue weighted by molar-refractivity contribution is 0.0939. The Labute approximate surface area is 162 Å². The lowest BCUT2D eigenvalue weighted by Gasteiger charge is -2.16. The van der Waals surface area contributed by atoms with Gasteiger partial charge in [0.15, 0.2) is 0 Å². The van der Waals surface area contributed by atoms with Crippen molar-refractivity contribution in [3.05, 3.63) is 59.2 Å². The van der Waals surface area contributed by atoms with E-state index < -0.39 is 33.6 Å². The minimum atomic E-state index is -3.84. The lowest BCUT2D eigenvalue weighted by atomic mass is 10.1. The number of sulfonamides is 1. The Bertz CT molecular complexity index is 1010. The summed E-state index contributed by atoms with van der Waals surface area (Å²) >= 11 is 0.